The number of nitrogens with zero attached hydrogens (tertiary/aromatic N) is 3. The molecule has 0 bridgehead atoms. The molecule has 8 heteroatoms. The monoisotopic (exact) mass is 513 g/mol. The molecule has 0 unspecified atom stereocenters. The van der Waals surface area contributed by atoms with Crippen molar-refractivity contribution in [2.75, 3.05) is 25.7 Å². The molecule has 2 aliphatic rings. The van der Waals surface area contributed by atoms with Gasteiger partial charge in [-0.2, -0.15) is 0 Å². The topological polar surface area (TPSA) is 72.0 Å². The van der Waals surface area contributed by atoms with Crippen molar-refractivity contribution in [1.82, 2.24) is 9.88 Å². The maximum atomic E-state index is 13.5. The van der Waals surface area contributed by atoms with Crippen LogP contribution in [-0.4, -0.2) is 48.5 Å². The molecule has 2 amide bonds. The maximum absolute atomic E-state index is 13.5. The molecule has 0 aliphatic carbocycles. The molecule has 7 nitrogen and oxygen atoms in total. The number of ether oxygens (including phenoxy) is 2. The first kappa shape index (κ1) is 23.6. The van der Waals surface area contributed by atoms with Crippen LogP contribution < -0.4 is 14.4 Å². The van der Waals surface area contributed by atoms with E-state index in [1.165, 1.54) is 16.0 Å². The van der Waals surface area contributed by atoms with Crippen molar-refractivity contribution >= 4 is 39.1 Å². The van der Waals surface area contributed by atoms with Gasteiger partial charge in [0.25, 0.3) is 5.91 Å². The van der Waals surface area contributed by atoms with Crippen LogP contribution in [0.25, 0.3) is 20.8 Å². The van der Waals surface area contributed by atoms with Crippen molar-refractivity contribution < 1.29 is 19.1 Å². The molecule has 3 heterocycles. The van der Waals surface area contributed by atoms with Gasteiger partial charge in [-0.25, -0.2) is 9.88 Å². The van der Waals surface area contributed by atoms with E-state index >= 15 is 0 Å². The van der Waals surface area contributed by atoms with E-state index in [1.54, 1.807) is 25.6 Å². The highest BCUT2D eigenvalue weighted by Crippen LogP contribution is 2.36. The molecule has 1 saturated heterocycles. The lowest BCUT2D eigenvalue weighted by Crippen LogP contribution is -2.44. The number of amides is 2. The van der Waals surface area contributed by atoms with Crippen molar-refractivity contribution in [2.45, 2.75) is 32.4 Å². The summed E-state index contributed by atoms with van der Waals surface area (Å²) in [5.74, 6) is 1.03. The average molecular weight is 514 g/mol. The quantitative estimate of drug-likeness (QED) is 0.351. The van der Waals surface area contributed by atoms with Gasteiger partial charge in [-0.3, -0.25) is 14.5 Å². The van der Waals surface area contributed by atoms with Crippen molar-refractivity contribution in [1.29, 1.82) is 0 Å². The predicted molar refractivity (Wildman–Crippen MR) is 144 cm³/mol. The number of aryl methyl sites for hydroxylation is 1. The number of carbonyl (C=O) groups excluding carboxylic acids is 2. The predicted octanol–water partition coefficient (Wildman–Crippen LogP) is 4.98. The van der Waals surface area contributed by atoms with Crippen LogP contribution in [0.4, 0.5) is 5.69 Å². The smallest absolute Gasteiger partial charge is 0.251 e. The second kappa shape index (κ2) is 9.28. The highest BCUT2D eigenvalue weighted by atomic mass is 32.1. The Bertz CT molecular complexity index is 1530. The first-order chi connectivity index (χ1) is 17.9. The number of imide groups is 1. The van der Waals surface area contributed by atoms with Gasteiger partial charge in [0.1, 0.15) is 5.01 Å². The van der Waals surface area contributed by atoms with E-state index < -0.39 is 6.04 Å². The largest absolute Gasteiger partial charge is 0.493 e. The van der Waals surface area contributed by atoms with Gasteiger partial charge in [0.05, 0.1) is 42.6 Å². The highest BCUT2D eigenvalue weighted by Gasteiger charge is 2.43. The summed E-state index contributed by atoms with van der Waals surface area (Å²) < 4.78 is 12.0. The Hall–Kier alpha value is -3.75. The average Bonchev–Trinajstić information content (AvgIpc) is 3.47. The first-order valence-electron chi connectivity index (χ1n) is 12.3. The minimum atomic E-state index is -0.471. The molecule has 37 heavy (non-hydrogen) atoms. The van der Waals surface area contributed by atoms with Crippen LogP contribution in [0, 0.1) is 6.92 Å². The first-order valence-corrected chi connectivity index (χ1v) is 13.1. The third-order valence-electron chi connectivity index (χ3n) is 7.23. The van der Waals surface area contributed by atoms with Gasteiger partial charge in [0, 0.05) is 18.7 Å². The van der Waals surface area contributed by atoms with Crippen LogP contribution in [0.2, 0.25) is 0 Å². The summed E-state index contributed by atoms with van der Waals surface area (Å²) in [5, 5.41) is 0.920. The molecule has 0 radical (unpaired) electrons. The van der Waals surface area contributed by atoms with Gasteiger partial charge in [0.2, 0.25) is 5.91 Å². The van der Waals surface area contributed by atoms with Crippen molar-refractivity contribution in [3.63, 3.8) is 0 Å². The Labute approximate surface area is 219 Å². The lowest BCUT2D eigenvalue weighted by Gasteiger charge is -2.32. The fourth-order valence-electron chi connectivity index (χ4n) is 5.25. The lowest BCUT2D eigenvalue weighted by atomic mass is 9.97. The summed E-state index contributed by atoms with van der Waals surface area (Å²) in [5.41, 5.74) is 6.02. The number of fused-ring (bicyclic) bond motifs is 2. The van der Waals surface area contributed by atoms with Crippen LogP contribution in [0.15, 0.2) is 54.6 Å². The van der Waals surface area contributed by atoms with E-state index in [4.69, 9.17) is 14.5 Å². The molecule has 1 aromatic heterocycles. The normalized spacial score (nSPS) is 17.9. The van der Waals surface area contributed by atoms with Gasteiger partial charge in [-0.15, -0.1) is 11.3 Å². The van der Waals surface area contributed by atoms with Crippen molar-refractivity contribution in [3.05, 3.63) is 71.3 Å². The molecule has 188 valence electrons. The van der Waals surface area contributed by atoms with Crippen LogP contribution in [-0.2, 0) is 22.6 Å². The van der Waals surface area contributed by atoms with E-state index in [9.17, 15) is 9.59 Å². The van der Waals surface area contributed by atoms with Gasteiger partial charge >= 0.3 is 0 Å². The number of aromatic nitrogens is 1. The number of hydrogen-bond donors (Lipinski definition) is 0. The molecule has 3 aromatic carbocycles. The zero-order valence-electron chi connectivity index (χ0n) is 21.0. The summed E-state index contributed by atoms with van der Waals surface area (Å²) in [6.07, 6.45) is 0.963. The number of hydrogen-bond acceptors (Lipinski definition) is 7. The molecule has 0 N–H and O–H groups in total. The van der Waals surface area contributed by atoms with E-state index in [0.717, 1.165) is 32.8 Å². The number of methoxy groups -OCH3 is 2. The maximum Gasteiger partial charge on any atom is 0.251 e. The van der Waals surface area contributed by atoms with E-state index in [0.29, 0.717) is 30.3 Å². The number of benzene rings is 3. The minimum absolute atomic E-state index is 0.169. The van der Waals surface area contributed by atoms with Crippen molar-refractivity contribution in [2.24, 2.45) is 0 Å². The Balaban J connectivity index is 1.21. The second-order valence-electron chi connectivity index (χ2n) is 9.52. The van der Waals surface area contributed by atoms with Gasteiger partial charge in [-0.1, -0.05) is 6.07 Å². The van der Waals surface area contributed by atoms with Crippen LogP contribution in [0.5, 0.6) is 11.5 Å². The number of thiazole rings is 1. The van der Waals surface area contributed by atoms with Crippen LogP contribution in [0.1, 0.15) is 23.1 Å². The summed E-state index contributed by atoms with van der Waals surface area (Å²) in [6, 6.07) is 17.3. The molecule has 4 aromatic rings. The Morgan fingerprint density at radius 2 is 1.68 bits per heavy atom. The fourth-order valence-corrected chi connectivity index (χ4v) is 6.32. The summed E-state index contributed by atoms with van der Waals surface area (Å²) in [4.78, 5) is 34.6. The molecular weight excluding hydrogens is 486 g/mol. The van der Waals surface area contributed by atoms with Crippen molar-refractivity contribution in [3.8, 4) is 22.1 Å². The van der Waals surface area contributed by atoms with Crippen LogP contribution >= 0.6 is 11.3 Å². The van der Waals surface area contributed by atoms with Gasteiger partial charge in [-0.05, 0) is 78.6 Å². The SMILES string of the molecule is COc1cc2c(cc1OC)CN([C@@H]1CC(=O)N(c3ccc(-c4nc5ccc(C)cc5s4)cc3)C1=O)CC2. The zero-order chi connectivity index (χ0) is 25.7. The summed E-state index contributed by atoms with van der Waals surface area (Å²) in [7, 11) is 3.24. The Kier molecular flexibility index (Phi) is 5.93. The molecule has 0 saturated carbocycles. The second-order valence-corrected chi connectivity index (χ2v) is 10.6. The van der Waals surface area contributed by atoms with Gasteiger partial charge in [0.15, 0.2) is 11.5 Å². The summed E-state index contributed by atoms with van der Waals surface area (Å²) >= 11 is 1.64. The molecule has 1 fully saturated rings. The summed E-state index contributed by atoms with van der Waals surface area (Å²) in [6.45, 7) is 3.36. The minimum Gasteiger partial charge on any atom is -0.493 e. The number of anilines is 1. The number of rotatable bonds is 5. The molecule has 0 spiro atoms. The van der Waals surface area contributed by atoms with E-state index in [2.05, 4.69) is 24.0 Å². The fraction of sp³-hybridized carbons (Fsp3) is 0.276. The van der Waals surface area contributed by atoms with Gasteiger partial charge < -0.3 is 9.47 Å². The lowest BCUT2D eigenvalue weighted by molar-refractivity contribution is -0.123. The third-order valence-corrected chi connectivity index (χ3v) is 8.29. The molecule has 2 aliphatic heterocycles. The standard InChI is InChI=1S/C29H27N3O4S/c1-17-4-9-22-26(12-17)37-28(30-22)18-5-7-21(8-6-18)32-27(33)15-23(29(32)34)31-11-10-19-13-24(35-2)25(36-3)14-20(19)16-31/h4-9,12-14,23H,10-11,15-16H2,1-3H3/t23-/m1/s1. The van der Waals surface area contributed by atoms with Crippen LogP contribution in [0.3, 0.4) is 0 Å². The van der Waals surface area contributed by atoms with E-state index in [1.807, 2.05) is 42.5 Å². The zero-order valence-corrected chi connectivity index (χ0v) is 21.8. The Morgan fingerprint density at radius 1 is 0.946 bits per heavy atom. The molecular formula is C29H27N3O4S. The highest BCUT2D eigenvalue weighted by molar-refractivity contribution is 7.21. The molecule has 6 rings (SSSR count). The molecule has 1 atom stereocenters. The van der Waals surface area contributed by atoms with E-state index in [-0.39, 0.29) is 18.2 Å². The third kappa shape index (κ3) is 4.16. The Morgan fingerprint density at radius 3 is 2.41 bits per heavy atom. The number of carbonyl (C=O) groups is 2.